The normalized spacial score (nSPS) is 10.3. The second-order valence-electron chi connectivity index (χ2n) is 7.79. The number of rotatable bonds is 7. The maximum Gasteiger partial charge on any atom is 0.323 e. The third-order valence-electron chi connectivity index (χ3n) is 5.19. The van der Waals surface area contributed by atoms with Crippen molar-refractivity contribution in [1.29, 1.82) is 0 Å². The summed E-state index contributed by atoms with van der Waals surface area (Å²) in [5.74, 6) is -0.392. The molecule has 8 heteroatoms. The number of thiophene rings is 1. The van der Waals surface area contributed by atoms with Crippen LogP contribution in [0.2, 0.25) is 0 Å². The first kappa shape index (κ1) is 23.7. The van der Waals surface area contributed by atoms with Crippen molar-refractivity contribution in [2.45, 2.75) is 13.5 Å². The number of para-hydroxylation sites is 1. The van der Waals surface area contributed by atoms with Gasteiger partial charge in [0.15, 0.2) is 0 Å². The first-order valence-corrected chi connectivity index (χ1v) is 11.8. The fourth-order valence-corrected chi connectivity index (χ4v) is 3.94. The highest BCUT2D eigenvalue weighted by Crippen LogP contribution is 2.22. The number of amides is 4. The highest BCUT2D eigenvalue weighted by Gasteiger charge is 2.11. The van der Waals surface area contributed by atoms with E-state index in [9.17, 15) is 14.4 Å². The number of aryl methyl sites for hydroxylation is 1. The molecule has 4 N–H and O–H groups in total. The predicted octanol–water partition coefficient (Wildman–Crippen LogP) is 5.88. The lowest BCUT2D eigenvalue weighted by molar-refractivity contribution is 0.0953. The predicted molar refractivity (Wildman–Crippen MR) is 140 cm³/mol. The molecule has 35 heavy (non-hydrogen) atoms. The highest BCUT2D eigenvalue weighted by atomic mass is 32.1. The van der Waals surface area contributed by atoms with E-state index in [0.29, 0.717) is 34.0 Å². The van der Waals surface area contributed by atoms with Gasteiger partial charge in [-0.3, -0.25) is 9.59 Å². The van der Waals surface area contributed by atoms with Gasteiger partial charge in [-0.1, -0.05) is 42.5 Å². The molecule has 4 aromatic rings. The molecule has 0 aliphatic heterocycles. The Hall–Kier alpha value is -4.43. The lowest BCUT2D eigenvalue weighted by atomic mass is 10.1. The Labute approximate surface area is 207 Å². The summed E-state index contributed by atoms with van der Waals surface area (Å²) in [6.45, 7) is 2.25. The second kappa shape index (κ2) is 11.1. The number of anilines is 3. The van der Waals surface area contributed by atoms with E-state index in [1.54, 1.807) is 42.5 Å². The maximum atomic E-state index is 12.8. The van der Waals surface area contributed by atoms with Gasteiger partial charge in [0.05, 0.1) is 4.88 Å². The number of hydrogen-bond acceptors (Lipinski definition) is 4. The second-order valence-corrected chi connectivity index (χ2v) is 8.73. The van der Waals surface area contributed by atoms with Crippen LogP contribution in [0.25, 0.3) is 0 Å². The molecule has 1 heterocycles. The number of hydrogen-bond donors (Lipinski definition) is 4. The molecule has 1 aromatic heterocycles. The number of urea groups is 1. The van der Waals surface area contributed by atoms with Crippen molar-refractivity contribution in [3.05, 3.63) is 112 Å². The molecule has 0 spiro atoms. The summed E-state index contributed by atoms with van der Waals surface area (Å²) in [6.07, 6.45) is 0. The molecule has 0 aliphatic carbocycles. The van der Waals surface area contributed by atoms with Gasteiger partial charge in [0.1, 0.15) is 0 Å². The van der Waals surface area contributed by atoms with Gasteiger partial charge in [-0.05, 0) is 65.9 Å². The fraction of sp³-hybridized carbons (Fsp3) is 0.0741. The van der Waals surface area contributed by atoms with Crippen LogP contribution >= 0.6 is 11.3 Å². The van der Waals surface area contributed by atoms with Crippen LogP contribution in [-0.2, 0) is 6.54 Å². The minimum Gasteiger partial charge on any atom is -0.347 e. The Kier molecular flexibility index (Phi) is 7.54. The summed E-state index contributed by atoms with van der Waals surface area (Å²) in [6, 6.07) is 24.7. The van der Waals surface area contributed by atoms with Crippen molar-refractivity contribution in [3.63, 3.8) is 0 Å². The van der Waals surface area contributed by atoms with Gasteiger partial charge in [-0.25, -0.2) is 4.79 Å². The molecular formula is C27H24N4O3S. The minimum absolute atomic E-state index is 0.122. The summed E-state index contributed by atoms with van der Waals surface area (Å²) in [5.41, 5.74) is 4.06. The molecule has 3 aromatic carbocycles. The molecule has 176 valence electrons. The zero-order valence-corrected chi connectivity index (χ0v) is 19.8. The molecule has 0 radical (unpaired) electrons. The van der Waals surface area contributed by atoms with Crippen molar-refractivity contribution >= 4 is 46.2 Å². The van der Waals surface area contributed by atoms with Crippen LogP contribution in [0.15, 0.2) is 90.3 Å². The van der Waals surface area contributed by atoms with Crippen molar-refractivity contribution < 1.29 is 14.4 Å². The molecule has 0 unspecified atom stereocenters. The van der Waals surface area contributed by atoms with Gasteiger partial charge in [0.25, 0.3) is 11.8 Å². The summed E-state index contributed by atoms with van der Waals surface area (Å²) in [5, 5.41) is 13.2. The highest BCUT2D eigenvalue weighted by molar-refractivity contribution is 7.12. The van der Waals surface area contributed by atoms with Crippen LogP contribution in [0.5, 0.6) is 0 Å². The van der Waals surface area contributed by atoms with Crippen LogP contribution in [0.3, 0.4) is 0 Å². The quantitative estimate of drug-likeness (QED) is 0.263. The molecular weight excluding hydrogens is 460 g/mol. The van der Waals surface area contributed by atoms with Crippen molar-refractivity contribution in [2.24, 2.45) is 0 Å². The van der Waals surface area contributed by atoms with Gasteiger partial charge < -0.3 is 21.3 Å². The average Bonchev–Trinajstić information content (AvgIpc) is 3.41. The lowest BCUT2D eigenvalue weighted by Gasteiger charge is -2.13. The van der Waals surface area contributed by atoms with Crippen LogP contribution in [0.4, 0.5) is 21.9 Å². The minimum atomic E-state index is -0.376. The van der Waals surface area contributed by atoms with E-state index >= 15 is 0 Å². The first-order chi connectivity index (χ1) is 17.0. The Balaban J connectivity index is 1.34. The summed E-state index contributed by atoms with van der Waals surface area (Å²) in [4.78, 5) is 37.8. The number of carbonyl (C=O) groups is 3. The van der Waals surface area contributed by atoms with Crippen LogP contribution in [0, 0.1) is 6.92 Å². The molecule has 0 fully saturated rings. The summed E-state index contributed by atoms with van der Waals surface area (Å²) >= 11 is 1.39. The zero-order chi connectivity index (χ0) is 24.6. The van der Waals surface area contributed by atoms with E-state index in [1.165, 1.54) is 11.3 Å². The average molecular weight is 485 g/mol. The zero-order valence-electron chi connectivity index (χ0n) is 19.0. The van der Waals surface area contributed by atoms with Gasteiger partial charge >= 0.3 is 6.03 Å². The summed E-state index contributed by atoms with van der Waals surface area (Å²) < 4.78 is 0. The molecule has 0 atom stereocenters. The van der Waals surface area contributed by atoms with E-state index in [4.69, 9.17) is 0 Å². The van der Waals surface area contributed by atoms with Crippen molar-refractivity contribution in [3.8, 4) is 0 Å². The maximum absolute atomic E-state index is 12.8. The van der Waals surface area contributed by atoms with E-state index in [-0.39, 0.29) is 17.8 Å². The topological polar surface area (TPSA) is 99.3 Å². The number of benzene rings is 3. The van der Waals surface area contributed by atoms with Crippen LogP contribution < -0.4 is 21.3 Å². The van der Waals surface area contributed by atoms with E-state index in [1.807, 2.05) is 54.8 Å². The van der Waals surface area contributed by atoms with Crippen LogP contribution in [-0.4, -0.2) is 17.8 Å². The molecule has 0 saturated heterocycles. The van der Waals surface area contributed by atoms with Crippen LogP contribution in [0.1, 0.15) is 31.2 Å². The Morgan fingerprint density at radius 1 is 0.743 bits per heavy atom. The number of nitrogens with one attached hydrogen (secondary N) is 4. The Morgan fingerprint density at radius 3 is 2.20 bits per heavy atom. The third kappa shape index (κ3) is 6.55. The van der Waals surface area contributed by atoms with Gasteiger partial charge in [-0.15, -0.1) is 11.3 Å². The molecule has 7 nitrogen and oxygen atoms in total. The SMILES string of the molecule is Cc1ccc(NC(=O)Nc2ccccc2)cc1NC(=O)c1ccc(CNC(=O)c2cccs2)cc1. The lowest BCUT2D eigenvalue weighted by Crippen LogP contribution is -2.21. The van der Waals surface area contributed by atoms with E-state index < -0.39 is 0 Å². The van der Waals surface area contributed by atoms with Gasteiger partial charge in [0.2, 0.25) is 0 Å². The summed E-state index contributed by atoms with van der Waals surface area (Å²) in [7, 11) is 0. The van der Waals surface area contributed by atoms with E-state index in [2.05, 4.69) is 21.3 Å². The smallest absolute Gasteiger partial charge is 0.323 e. The molecule has 0 aliphatic rings. The standard InChI is InChI=1S/C27H24N4O3S/c1-18-9-14-22(30-27(34)29-21-6-3-2-4-7-21)16-23(18)31-25(32)20-12-10-19(11-13-20)17-28-26(33)24-8-5-15-35-24/h2-16H,17H2,1H3,(H,28,33)(H,31,32)(H2,29,30,34). The van der Waals surface area contributed by atoms with Gasteiger partial charge in [0, 0.05) is 29.2 Å². The molecule has 4 rings (SSSR count). The fourth-order valence-electron chi connectivity index (χ4n) is 3.30. The monoisotopic (exact) mass is 484 g/mol. The van der Waals surface area contributed by atoms with Crippen molar-refractivity contribution in [2.75, 3.05) is 16.0 Å². The Morgan fingerprint density at radius 2 is 1.49 bits per heavy atom. The van der Waals surface area contributed by atoms with Crippen molar-refractivity contribution in [1.82, 2.24) is 5.32 Å². The van der Waals surface area contributed by atoms with E-state index in [0.717, 1.165) is 11.1 Å². The molecule has 0 saturated carbocycles. The Bertz CT molecular complexity index is 1320. The third-order valence-corrected chi connectivity index (χ3v) is 6.06. The van der Waals surface area contributed by atoms with Gasteiger partial charge in [-0.2, -0.15) is 0 Å². The largest absolute Gasteiger partial charge is 0.347 e. The molecule has 0 bridgehead atoms. The molecule has 4 amide bonds. The first-order valence-electron chi connectivity index (χ1n) is 10.9. The number of carbonyl (C=O) groups excluding carboxylic acids is 3.